The summed E-state index contributed by atoms with van der Waals surface area (Å²) in [6.45, 7) is 0.955. The largest absolute Gasteiger partial charge is 0.478 e. The second kappa shape index (κ2) is 10.2. The Bertz CT molecular complexity index is 1080. The molecule has 0 aliphatic rings. The van der Waals surface area contributed by atoms with Crippen molar-refractivity contribution in [2.24, 2.45) is 0 Å². The van der Waals surface area contributed by atoms with Crippen molar-refractivity contribution < 1.29 is 28.2 Å². The summed E-state index contributed by atoms with van der Waals surface area (Å²) in [4.78, 5) is 11.1. The van der Waals surface area contributed by atoms with E-state index in [1.54, 1.807) is 36.4 Å². The number of carboxylic acid groups (broad SMARTS) is 1. The lowest BCUT2D eigenvalue weighted by atomic mass is 9.97. The second-order valence-electron chi connectivity index (χ2n) is 7.29. The van der Waals surface area contributed by atoms with Crippen molar-refractivity contribution in [3.8, 4) is 11.1 Å². The predicted molar refractivity (Wildman–Crippen MR) is 117 cm³/mol. The minimum Gasteiger partial charge on any atom is -0.478 e. The van der Waals surface area contributed by atoms with Gasteiger partial charge in [-0.1, -0.05) is 54.1 Å². The normalized spacial score (nSPS) is 12.5. The molecule has 3 aromatic rings. The first-order chi connectivity index (χ1) is 15.1. The van der Waals surface area contributed by atoms with E-state index in [1.807, 2.05) is 12.1 Å². The van der Waals surface area contributed by atoms with E-state index in [9.17, 15) is 23.1 Å². The predicted octanol–water partition coefficient (Wildman–Crippen LogP) is 5.59. The number of hydrogen-bond donors (Lipinski definition) is 3. The van der Waals surface area contributed by atoms with Crippen molar-refractivity contribution >= 4 is 17.6 Å². The van der Waals surface area contributed by atoms with Crippen LogP contribution >= 0.6 is 11.6 Å². The van der Waals surface area contributed by atoms with E-state index in [2.05, 4.69) is 5.32 Å². The average Bonchev–Trinajstić information content (AvgIpc) is 2.76. The number of carboxylic acids is 1. The summed E-state index contributed by atoms with van der Waals surface area (Å²) < 4.78 is 39.7. The SMILES string of the molecule is O=C(O)c1ccc(-c2ccc(CCNC[C@@H](O)c3cccc(Cl)c3)cc2)cc1C(F)(F)F. The quantitative estimate of drug-likeness (QED) is 0.381. The van der Waals surface area contributed by atoms with Gasteiger partial charge in [-0.15, -0.1) is 0 Å². The van der Waals surface area contributed by atoms with Crippen LogP contribution in [0.4, 0.5) is 13.2 Å². The lowest BCUT2D eigenvalue weighted by Gasteiger charge is -2.13. The molecule has 168 valence electrons. The molecule has 0 fully saturated rings. The molecule has 8 heteroatoms. The van der Waals surface area contributed by atoms with Gasteiger partial charge in [-0.2, -0.15) is 13.2 Å². The van der Waals surface area contributed by atoms with Crippen LogP contribution < -0.4 is 5.32 Å². The van der Waals surface area contributed by atoms with Crippen LogP contribution in [-0.2, 0) is 12.6 Å². The molecule has 0 unspecified atom stereocenters. The highest BCUT2D eigenvalue weighted by atomic mass is 35.5. The summed E-state index contributed by atoms with van der Waals surface area (Å²) in [6, 6.07) is 17.2. The number of rotatable bonds is 8. The number of nitrogens with one attached hydrogen (secondary N) is 1. The Morgan fingerprint density at radius 1 is 1.00 bits per heavy atom. The second-order valence-corrected chi connectivity index (χ2v) is 7.72. The Morgan fingerprint density at radius 3 is 2.31 bits per heavy atom. The van der Waals surface area contributed by atoms with E-state index >= 15 is 0 Å². The molecular formula is C24H21ClF3NO3. The molecule has 3 aromatic carbocycles. The number of alkyl halides is 3. The van der Waals surface area contributed by atoms with Gasteiger partial charge in [0.1, 0.15) is 0 Å². The van der Waals surface area contributed by atoms with Gasteiger partial charge in [0.05, 0.1) is 17.2 Å². The van der Waals surface area contributed by atoms with E-state index in [1.165, 1.54) is 6.07 Å². The molecule has 0 aliphatic heterocycles. The molecule has 0 saturated heterocycles. The van der Waals surface area contributed by atoms with Crippen LogP contribution in [0.3, 0.4) is 0 Å². The molecule has 0 saturated carbocycles. The van der Waals surface area contributed by atoms with E-state index < -0.39 is 29.4 Å². The molecule has 0 aliphatic carbocycles. The number of carbonyl (C=O) groups is 1. The Balaban J connectivity index is 1.60. The highest BCUT2D eigenvalue weighted by Crippen LogP contribution is 2.35. The van der Waals surface area contributed by atoms with Crippen molar-refractivity contribution in [2.75, 3.05) is 13.1 Å². The molecule has 0 bridgehead atoms. The van der Waals surface area contributed by atoms with Crippen molar-refractivity contribution in [3.05, 3.63) is 94.0 Å². The van der Waals surface area contributed by atoms with Crippen LogP contribution in [0.2, 0.25) is 5.02 Å². The third-order valence-electron chi connectivity index (χ3n) is 5.00. The molecule has 0 heterocycles. The first-order valence-corrected chi connectivity index (χ1v) is 10.2. The summed E-state index contributed by atoms with van der Waals surface area (Å²) in [7, 11) is 0. The minimum atomic E-state index is -4.76. The molecule has 1 atom stereocenters. The maximum atomic E-state index is 13.2. The maximum Gasteiger partial charge on any atom is 0.417 e. The maximum absolute atomic E-state index is 13.2. The topological polar surface area (TPSA) is 69.6 Å². The zero-order valence-corrected chi connectivity index (χ0v) is 17.6. The molecule has 0 radical (unpaired) electrons. The summed E-state index contributed by atoms with van der Waals surface area (Å²) in [5, 5.41) is 22.9. The van der Waals surface area contributed by atoms with E-state index in [0.29, 0.717) is 30.1 Å². The van der Waals surface area contributed by atoms with Gasteiger partial charge in [0.2, 0.25) is 0 Å². The number of aliphatic hydroxyl groups excluding tert-OH is 1. The Labute approximate surface area is 188 Å². The number of benzene rings is 3. The van der Waals surface area contributed by atoms with Gasteiger partial charge in [0.25, 0.3) is 0 Å². The summed E-state index contributed by atoms with van der Waals surface area (Å²) in [5.41, 5.74) is 0.591. The van der Waals surface area contributed by atoms with Crippen LogP contribution in [0.5, 0.6) is 0 Å². The number of halogens is 4. The molecule has 32 heavy (non-hydrogen) atoms. The zero-order chi connectivity index (χ0) is 23.3. The van der Waals surface area contributed by atoms with Crippen molar-refractivity contribution in [1.29, 1.82) is 0 Å². The Morgan fingerprint density at radius 2 is 1.69 bits per heavy atom. The van der Waals surface area contributed by atoms with Gasteiger partial charge in [-0.05, 0) is 59.5 Å². The highest BCUT2D eigenvalue weighted by Gasteiger charge is 2.35. The lowest BCUT2D eigenvalue weighted by Crippen LogP contribution is -2.23. The fourth-order valence-electron chi connectivity index (χ4n) is 3.31. The fraction of sp³-hybridized carbons (Fsp3) is 0.208. The molecular weight excluding hydrogens is 443 g/mol. The first-order valence-electron chi connectivity index (χ1n) is 9.83. The van der Waals surface area contributed by atoms with Gasteiger partial charge in [-0.3, -0.25) is 0 Å². The van der Waals surface area contributed by atoms with Crippen molar-refractivity contribution in [2.45, 2.75) is 18.7 Å². The van der Waals surface area contributed by atoms with Crippen molar-refractivity contribution in [1.82, 2.24) is 5.32 Å². The fourth-order valence-corrected chi connectivity index (χ4v) is 3.51. The van der Waals surface area contributed by atoms with Gasteiger partial charge in [0, 0.05) is 11.6 Å². The smallest absolute Gasteiger partial charge is 0.417 e. The van der Waals surface area contributed by atoms with Crippen LogP contribution in [0.1, 0.15) is 33.2 Å². The third kappa shape index (κ3) is 6.09. The van der Waals surface area contributed by atoms with Gasteiger partial charge in [0.15, 0.2) is 0 Å². The van der Waals surface area contributed by atoms with Crippen molar-refractivity contribution in [3.63, 3.8) is 0 Å². The highest BCUT2D eigenvalue weighted by molar-refractivity contribution is 6.30. The number of aromatic carboxylic acids is 1. The molecule has 4 nitrogen and oxygen atoms in total. The first kappa shape index (κ1) is 23.8. The van der Waals surface area contributed by atoms with Gasteiger partial charge in [-0.25, -0.2) is 4.79 Å². The summed E-state index contributed by atoms with van der Waals surface area (Å²) in [6.07, 6.45) is -4.79. The standard InChI is InChI=1S/C24H21ClF3NO3/c25-19-3-1-2-18(12-19)22(30)14-29-11-10-15-4-6-16(7-5-15)17-8-9-20(23(31)32)21(13-17)24(26,27)28/h1-9,12-13,22,29-30H,10-11,14H2,(H,31,32)/t22-/m1/s1. The summed E-state index contributed by atoms with van der Waals surface area (Å²) in [5.74, 6) is -1.62. The van der Waals surface area contributed by atoms with Crippen LogP contribution in [-0.4, -0.2) is 29.3 Å². The minimum absolute atomic E-state index is 0.289. The zero-order valence-electron chi connectivity index (χ0n) is 16.9. The summed E-state index contributed by atoms with van der Waals surface area (Å²) >= 11 is 5.93. The average molecular weight is 464 g/mol. The van der Waals surface area contributed by atoms with E-state index in [4.69, 9.17) is 16.7 Å². The van der Waals surface area contributed by atoms with Gasteiger partial charge >= 0.3 is 12.1 Å². The molecule has 3 rings (SSSR count). The Kier molecular flexibility index (Phi) is 7.56. The van der Waals surface area contributed by atoms with Crippen LogP contribution in [0.25, 0.3) is 11.1 Å². The van der Waals surface area contributed by atoms with Crippen LogP contribution in [0, 0.1) is 0 Å². The van der Waals surface area contributed by atoms with Crippen LogP contribution in [0.15, 0.2) is 66.7 Å². The lowest BCUT2D eigenvalue weighted by molar-refractivity contribution is -0.138. The van der Waals surface area contributed by atoms with Gasteiger partial charge < -0.3 is 15.5 Å². The monoisotopic (exact) mass is 463 g/mol. The molecule has 0 amide bonds. The molecule has 0 spiro atoms. The van der Waals surface area contributed by atoms with E-state index in [0.717, 1.165) is 23.3 Å². The number of aliphatic hydroxyl groups is 1. The third-order valence-corrected chi connectivity index (χ3v) is 5.24. The molecule has 0 aromatic heterocycles. The number of hydrogen-bond acceptors (Lipinski definition) is 3. The Hall–Kier alpha value is -2.87. The van der Waals surface area contributed by atoms with E-state index in [-0.39, 0.29) is 5.56 Å². The molecule has 3 N–H and O–H groups in total.